The second kappa shape index (κ2) is 7.19. The molecule has 0 atom stereocenters. The topological polar surface area (TPSA) is 45.0 Å². The zero-order valence-electron chi connectivity index (χ0n) is 15.7. The van der Waals surface area contributed by atoms with Crippen LogP contribution in [0.2, 0.25) is 0 Å². The third-order valence-electron chi connectivity index (χ3n) is 4.59. The van der Waals surface area contributed by atoms with Gasteiger partial charge in [-0.3, -0.25) is 4.99 Å². The number of hydrogen-bond donors (Lipinski definition) is 0. The van der Waals surface area contributed by atoms with Crippen LogP contribution in [-0.4, -0.2) is 24.2 Å². The number of aryl methyl sites for hydroxylation is 1. The fourth-order valence-electron chi connectivity index (χ4n) is 3.28. The summed E-state index contributed by atoms with van der Waals surface area (Å²) in [4.78, 5) is 4.61. The third-order valence-corrected chi connectivity index (χ3v) is 4.59. The highest BCUT2D eigenvalue weighted by molar-refractivity contribution is 5.84. The van der Waals surface area contributed by atoms with Crippen LogP contribution >= 0.6 is 0 Å². The molecular weight excluding hydrogens is 340 g/mol. The summed E-state index contributed by atoms with van der Waals surface area (Å²) in [6.07, 6.45) is 1.89. The molecule has 138 valence electrons. The first kappa shape index (κ1) is 17.2. The highest BCUT2D eigenvalue weighted by atomic mass is 16.7. The Hall–Kier alpha value is -3.21. The maximum Gasteiger partial charge on any atom is 0.231 e. The molecule has 0 bridgehead atoms. The van der Waals surface area contributed by atoms with Gasteiger partial charge in [0.25, 0.3) is 0 Å². The van der Waals surface area contributed by atoms with Gasteiger partial charge in [0, 0.05) is 34.9 Å². The molecular formula is C22H22N2O3. The largest absolute Gasteiger partial charge is 0.494 e. The van der Waals surface area contributed by atoms with Gasteiger partial charge in [0.05, 0.1) is 12.3 Å². The van der Waals surface area contributed by atoms with Crippen molar-refractivity contribution >= 4 is 11.9 Å². The highest BCUT2D eigenvalue weighted by Crippen LogP contribution is 2.35. The monoisotopic (exact) mass is 362 g/mol. The van der Waals surface area contributed by atoms with Gasteiger partial charge in [-0.25, -0.2) is 0 Å². The molecule has 0 unspecified atom stereocenters. The van der Waals surface area contributed by atoms with Crippen molar-refractivity contribution in [3.8, 4) is 22.9 Å². The van der Waals surface area contributed by atoms with E-state index in [2.05, 4.69) is 41.6 Å². The molecule has 27 heavy (non-hydrogen) atoms. The van der Waals surface area contributed by atoms with Crippen molar-refractivity contribution in [1.29, 1.82) is 0 Å². The third kappa shape index (κ3) is 3.40. The molecule has 0 aliphatic carbocycles. The van der Waals surface area contributed by atoms with Gasteiger partial charge in [0.2, 0.25) is 6.79 Å². The SMILES string of the molecule is CCOc1ccc(-n2c(C)cc(C=Nc3ccc4c(c3)OCO4)c2C)cc1. The van der Waals surface area contributed by atoms with Crippen LogP contribution in [0.25, 0.3) is 5.69 Å². The molecule has 0 spiro atoms. The van der Waals surface area contributed by atoms with Crippen LogP contribution in [0.15, 0.2) is 53.5 Å². The Bertz CT molecular complexity index is 988. The molecule has 1 aliphatic heterocycles. The van der Waals surface area contributed by atoms with Crippen molar-refractivity contribution in [1.82, 2.24) is 4.57 Å². The Labute approximate surface area is 158 Å². The van der Waals surface area contributed by atoms with E-state index in [1.807, 2.05) is 43.5 Å². The predicted octanol–water partition coefficient (Wildman–Crippen LogP) is 4.97. The normalized spacial score (nSPS) is 12.7. The molecule has 4 rings (SSSR count). The number of fused-ring (bicyclic) bond motifs is 1. The van der Waals surface area contributed by atoms with Gasteiger partial charge in [-0.15, -0.1) is 0 Å². The van der Waals surface area contributed by atoms with Gasteiger partial charge in [-0.2, -0.15) is 0 Å². The molecule has 0 fully saturated rings. The van der Waals surface area contributed by atoms with Crippen LogP contribution in [0.3, 0.4) is 0 Å². The van der Waals surface area contributed by atoms with Crippen LogP contribution in [0.4, 0.5) is 5.69 Å². The molecule has 1 aliphatic rings. The quantitative estimate of drug-likeness (QED) is 0.602. The van der Waals surface area contributed by atoms with E-state index >= 15 is 0 Å². The smallest absolute Gasteiger partial charge is 0.231 e. The minimum Gasteiger partial charge on any atom is -0.494 e. The molecule has 0 saturated heterocycles. The molecule has 5 nitrogen and oxygen atoms in total. The Balaban J connectivity index is 1.60. The van der Waals surface area contributed by atoms with Gasteiger partial charge < -0.3 is 18.8 Å². The predicted molar refractivity (Wildman–Crippen MR) is 106 cm³/mol. The van der Waals surface area contributed by atoms with Gasteiger partial charge in [-0.1, -0.05) is 0 Å². The Morgan fingerprint density at radius 1 is 1.04 bits per heavy atom. The van der Waals surface area contributed by atoms with Crippen molar-refractivity contribution < 1.29 is 14.2 Å². The number of ether oxygens (including phenoxy) is 3. The Kier molecular flexibility index (Phi) is 4.59. The molecule has 3 aromatic rings. The molecule has 2 heterocycles. The molecule has 5 heteroatoms. The fourth-order valence-corrected chi connectivity index (χ4v) is 3.28. The first-order valence-corrected chi connectivity index (χ1v) is 9.01. The molecule has 0 radical (unpaired) electrons. The van der Waals surface area contributed by atoms with Crippen LogP contribution in [0.5, 0.6) is 17.2 Å². The van der Waals surface area contributed by atoms with Gasteiger partial charge in [0.1, 0.15) is 5.75 Å². The van der Waals surface area contributed by atoms with Crippen molar-refractivity contribution in [2.45, 2.75) is 20.8 Å². The van der Waals surface area contributed by atoms with E-state index in [9.17, 15) is 0 Å². The standard InChI is InChI=1S/C22H22N2O3/c1-4-25-20-8-6-19(7-9-20)24-15(2)11-17(16(24)3)13-23-18-5-10-21-22(12-18)27-14-26-21/h5-13H,4,14H2,1-3H3. The van der Waals surface area contributed by atoms with E-state index in [-0.39, 0.29) is 6.79 Å². The lowest BCUT2D eigenvalue weighted by Gasteiger charge is -2.10. The van der Waals surface area contributed by atoms with Gasteiger partial charge in [-0.05, 0) is 63.2 Å². The van der Waals surface area contributed by atoms with Gasteiger partial charge in [0.15, 0.2) is 11.5 Å². The number of aromatic nitrogens is 1. The number of hydrogen-bond acceptors (Lipinski definition) is 4. The maximum atomic E-state index is 5.53. The van der Waals surface area contributed by atoms with Crippen molar-refractivity contribution in [3.63, 3.8) is 0 Å². The summed E-state index contributed by atoms with van der Waals surface area (Å²) < 4.78 is 18.5. The zero-order chi connectivity index (χ0) is 18.8. The zero-order valence-corrected chi connectivity index (χ0v) is 15.7. The Morgan fingerprint density at radius 2 is 1.81 bits per heavy atom. The fraction of sp³-hybridized carbons (Fsp3) is 0.227. The van der Waals surface area contributed by atoms with Crippen molar-refractivity contribution in [3.05, 3.63) is 65.5 Å². The second-order valence-electron chi connectivity index (χ2n) is 6.38. The first-order chi connectivity index (χ1) is 13.2. The van der Waals surface area contributed by atoms with E-state index in [0.29, 0.717) is 6.61 Å². The summed E-state index contributed by atoms with van der Waals surface area (Å²) in [5.41, 5.74) is 5.32. The van der Waals surface area contributed by atoms with Crippen molar-refractivity contribution in [2.75, 3.05) is 13.4 Å². The Morgan fingerprint density at radius 3 is 2.59 bits per heavy atom. The molecule has 2 aromatic carbocycles. The van der Waals surface area contributed by atoms with E-state index in [1.54, 1.807) is 0 Å². The van der Waals surface area contributed by atoms with Crippen LogP contribution in [0, 0.1) is 13.8 Å². The summed E-state index contributed by atoms with van der Waals surface area (Å²) >= 11 is 0. The van der Waals surface area contributed by atoms with Crippen LogP contribution < -0.4 is 14.2 Å². The van der Waals surface area contributed by atoms with E-state index in [4.69, 9.17) is 14.2 Å². The number of nitrogens with zero attached hydrogens (tertiary/aromatic N) is 2. The van der Waals surface area contributed by atoms with E-state index in [0.717, 1.165) is 45.6 Å². The lowest BCUT2D eigenvalue weighted by molar-refractivity contribution is 0.174. The maximum absolute atomic E-state index is 5.53. The lowest BCUT2D eigenvalue weighted by Crippen LogP contribution is -2.00. The summed E-state index contributed by atoms with van der Waals surface area (Å²) in [7, 11) is 0. The number of rotatable bonds is 5. The highest BCUT2D eigenvalue weighted by Gasteiger charge is 2.13. The molecule has 0 amide bonds. The van der Waals surface area contributed by atoms with Gasteiger partial charge >= 0.3 is 0 Å². The second-order valence-corrected chi connectivity index (χ2v) is 6.38. The van der Waals surface area contributed by atoms with E-state index in [1.165, 1.54) is 0 Å². The molecule has 0 N–H and O–H groups in total. The van der Waals surface area contributed by atoms with Crippen molar-refractivity contribution in [2.24, 2.45) is 4.99 Å². The minimum absolute atomic E-state index is 0.270. The van der Waals surface area contributed by atoms with Crippen LogP contribution in [-0.2, 0) is 0 Å². The summed E-state index contributed by atoms with van der Waals surface area (Å²) in [6, 6.07) is 16.0. The summed E-state index contributed by atoms with van der Waals surface area (Å²) in [5.74, 6) is 2.39. The molecule has 1 aromatic heterocycles. The average molecular weight is 362 g/mol. The minimum atomic E-state index is 0.270. The number of benzene rings is 2. The number of aliphatic imine (C=N–C) groups is 1. The van der Waals surface area contributed by atoms with Crippen LogP contribution in [0.1, 0.15) is 23.9 Å². The van der Waals surface area contributed by atoms with E-state index < -0.39 is 0 Å². The first-order valence-electron chi connectivity index (χ1n) is 9.01. The summed E-state index contributed by atoms with van der Waals surface area (Å²) in [6.45, 7) is 7.12. The molecule has 0 saturated carbocycles. The average Bonchev–Trinajstić information content (AvgIpc) is 3.25. The lowest BCUT2D eigenvalue weighted by atomic mass is 10.2. The summed E-state index contributed by atoms with van der Waals surface area (Å²) in [5, 5.41) is 0.